The smallest absolute Gasteiger partial charge is 0.306 e. The van der Waals surface area contributed by atoms with Crippen LogP contribution < -0.4 is 0 Å². The molecule has 0 aliphatic heterocycles. The number of nitro groups is 1. The van der Waals surface area contributed by atoms with Crippen LogP contribution in [0.2, 0.25) is 0 Å². The summed E-state index contributed by atoms with van der Waals surface area (Å²) < 4.78 is 1.29. The minimum absolute atomic E-state index is 0.113. The van der Waals surface area contributed by atoms with E-state index in [1.807, 2.05) is 0 Å². The molecule has 0 spiro atoms. The summed E-state index contributed by atoms with van der Waals surface area (Å²) in [6.07, 6.45) is 2.56. The first-order chi connectivity index (χ1) is 6.94. The molecule has 0 aliphatic carbocycles. The van der Waals surface area contributed by atoms with Crippen molar-refractivity contribution >= 4 is 5.69 Å². The van der Waals surface area contributed by atoms with E-state index in [0.717, 1.165) is 6.20 Å². The Kier molecular flexibility index (Phi) is 3.38. The predicted molar refractivity (Wildman–Crippen MR) is 51.2 cm³/mol. The summed E-state index contributed by atoms with van der Waals surface area (Å²) in [7, 11) is 0. The molecular formula is C8H13N3O4. The number of nitrogens with zero attached hydrogens (tertiary/aromatic N) is 3. The van der Waals surface area contributed by atoms with Crippen LogP contribution in [-0.2, 0) is 6.54 Å². The predicted octanol–water partition coefficient (Wildman–Crippen LogP) is -0.0753. The Morgan fingerprint density at radius 3 is 2.87 bits per heavy atom. The molecule has 1 aromatic heterocycles. The molecule has 7 heteroatoms. The molecule has 1 rings (SSSR count). The molecule has 1 atom stereocenters. The highest BCUT2D eigenvalue weighted by Crippen LogP contribution is 2.14. The van der Waals surface area contributed by atoms with Crippen molar-refractivity contribution in [3.8, 4) is 0 Å². The second kappa shape index (κ2) is 4.37. The standard InChI is InChI=1S/C8H13N3O4/c1-8(13,2-3-12)6-10-5-7(4-9-10)11(14)15/h4-5,12-13H,2-3,6H2,1H3. The van der Waals surface area contributed by atoms with Gasteiger partial charge in [0.25, 0.3) is 0 Å². The van der Waals surface area contributed by atoms with Crippen molar-refractivity contribution in [1.29, 1.82) is 0 Å². The minimum Gasteiger partial charge on any atom is -0.396 e. The average molecular weight is 215 g/mol. The van der Waals surface area contributed by atoms with E-state index < -0.39 is 10.5 Å². The SMILES string of the molecule is CC(O)(CCO)Cn1cc([N+](=O)[O-])cn1. The molecule has 0 bridgehead atoms. The van der Waals surface area contributed by atoms with Gasteiger partial charge in [0, 0.05) is 13.0 Å². The Bertz CT molecular complexity index is 347. The summed E-state index contributed by atoms with van der Waals surface area (Å²) in [5, 5.41) is 32.5. The number of aliphatic hydroxyl groups excluding tert-OH is 1. The Labute approximate surface area is 86.1 Å². The summed E-state index contributed by atoms with van der Waals surface area (Å²) in [4.78, 5) is 9.80. The molecular weight excluding hydrogens is 202 g/mol. The number of rotatable bonds is 5. The molecule has 0 fully saturated rings. The van der Waals surface area contributed by atoms with E-state index in [4.69, 9.17) is 5.11 Å². The van der Waals surface area contributed by atoms with Gasteiger partial charge in [0.15, 0.2) is 0 Å². The van der Waals surface area contributed by atoms with Crippen molar-refractivity contribution in [2.24, 2.45) is 0 Å². The first-order valence-corrected chi connectivity index (χ1v) is 4.45. The third kappa shape index (κ3) is 3.30. The lowest BCUT2D eigenvalue weighted by atomic mass is 10.0. The summed E-state index contributed by atoms with van der Waals surface area (Å²) in [5.74, 6) is 0. The van der Waals surface area contributed by atoms with Gasteiger partial charge in [0.05, 0.1) is 17.1 Å². The second-order valence-electron chi connectivity index (χ2n) is 3.62. The van der Waals surface area contributed by atoms with Crippen molar-refractivity contribution in [1.82, 2.24) is 9.78 Å². The van der Waals surface area contributed by atoms with Gasteiger partial charge in [0.2, 0.25) is 0 Å². The van der Waals surface area contributed by atoms with Crippen molar-refractivity contribution < 1.29 is 15.1 Å². The molecule has 0 aliphatic rings. The van der Waals surface area contributed by atoms with Gasteiger partial charge >= 0.3 is 5.69 Å². The average Bonchev–Trinajstić information content (AvgIpc) is 2.51. The van der Waals surface area contributed by atoms with E-state index in [0.29, 0.717) is 0 Å². The second-order valence-corrected chi connectivity index (χ2v) is 3.62. The highest BCUT2D eigenvalue weighted by atomic mass is 16.6. The molecule has 1 aromatic rings. The largest absolute Gasteiger partial charge is 0.396 e. The first-order valence-electron chi connectivity index (χ1n) is 4.45. The number of aromatic nitrogens is 2. The van der Waals surface area contributed by atoms with Gasteiger partial charge in [-0.05, 0) is 6.92 Å². The lowest BCUT2D eigenvalue weighted by molar-refractivity contribution is -0.385. The summed E-state index contributed by atoms with van der Waals surface area (Å²) in [5.41, 5.74) is -1.23. The molecule has 84 valence electrons. The van der Waals surface area contributed by atoms with Crippen LogP contribution in [0.4, 0.5) is 5.69 Å². The molecule has 0 saturated heterocycles. The van der Waals surface area contributed by atoms with Crippen LogP contribution in [0.3, 0.4) is 0 Å². The zero-order chi connectivity index (χ0) is 11.5. The Morgan fingerprint density at radius 1 is 1.73 bits per heavy atom. The van der Waals surface area contributed by atoms with Crippen molar-refractivity contribution in [3.63, 3.8) is 0 Å². The normalized spacial score (nSPS) is 14.9. The van der Waals surface area contributed by atoms with Gasteiger partial charge in [-0.2, -0.15) is 5.10 Å². The minimum atomic E-state index is -1.12. The molecule has 0 amide bonds. The monoisotopic (exact) mass is 215 g/mol. The lowest BCUT2D eigenvalue weighted by Crippen LogP contribution is -2.31. The van der Waals surface area contributed by atoms with Crippen LogP contribution in [0.25, 0.3) is 0 Å². The van der Waals surface area contributed by atoms with Crippen molar-refractivity contribution in [3.05, 3.63) is 22.5 Å². The summed E-state index contributed by atoms with van der Waals surface area (Å²) in [6, 6.07) is 0. The maximum absolute atomic E-state index is 10.4. The van der Waals surface area contributed by atoms with E-state index in [-0.39, 0.29) is 25.3 Å². The molecule has 0 radical (unpaired) electrons. The van der Waals surface area contributed by atoms with Gasteiger partial charge in [-0.3, -0.25) is 14.8 Å². The van der Waals surface area contributed by atoms with Crippen LogP contribution in [-0.4, -0.2) is 37.1 Å². The van der Waals surface area contributed by atoms with Crippen LogP contribution in [0.15, 0.2) is 12.4 Å². The van der Waals surface area contributed by atoms with Gasteiger partial charge in [-0.25, -0.2) is 0 Å². The molecule has 7 nitrogen and oxygen atoms in total. The van der Waals surface area contributed by atoms with E-state index in [9.17, 15) is 15.2 Å². The lowest BCUT2D eigenvalue weighted by Gasteiger charge is -2.21. The zero-order valence-electron chi connectivity index (χ0n) is 8.33. The van der Waals surface area contributed by atoms with Gasteiger partial charge < -0.3 is 10.2 Å². The Morgan fingerprint density at radius 2 is 2.40 bits per heavy atom. The van der Waals surface area contributed by atoms with Crippen LogP contribution in [0, 0.1) is 10.1 Å². The molecule has 2 N–H and O–H groups in total. The number of hydrogen-bond acceptors (Lipinski definition) is 5. The topological polar surface area (TPSA) is 101 Å². The van der Waals surface area contributed by atoms with Gasteiger partial charge in [0.1, 0.15) is 12.4 Å². The van der Waals surface area contributed by atoms with E-state index in [1.54, 1.807) is 0 Å². The molecule has 15 heavy (non-hydrogen) atoms. The fourth-order valence-corrected chi connectivity index (χ4v) is 1.20. The number of aliphatic hydroxyl groups is 2. The Hall–Kier alpha value is -1.47. The van der Waals surface area contributed by atoms with Crippen LogP contribution >= 0.6 is 0 Å². The van der Waals surface area contributed by atoms with E-state index in [2.05, 4.69) is 5.10 Å². The molecule has 0 aromatic carbocycles. The highest BCUT2D eigenvalue weighted by molar-refractivity contribution is 5.20. The molecule has 0 saturated carbocycles. The van der Waals surface area contributed by atoms with Crippen molar-refractivity contribution in [2.75, 3.05) is 6.61 Å². The maximum atomic E-state index is 10.4. The fraction of sp³-hybridized carbons (Fsp3) is 0.625. The van der Waals surface area contributed by atoms with E-state index >= 15 is 0 Å². The van der Waals surface area contributed by atoms with Crippen LogP contribution in [0.1, 0.15) is 13.3 Å². The summed E-state index contributed by atoms with van der Waals surface area (Å²) in [6.45, 7) is 1.51. The van der Waals surface area contributed by atoms with Crippen LogP contribution in [0.5, 0.6) is 0 Å². The first kappa shape index (κ1) is 11.6. The number of hydrogen-bond donors (Lipinski definition) is 2. The quantitative estimate of drug-likeness (QED) is 0.528. The molecule has 1 unspecified atom stereocenters. The highest BCUT2D eigenvalue weighted by Gasteiger charge is 2.21. The third-order valence-electron chi connectivity index (χ3n) is 1.98. The summed E-state index contributed by atoms with van der Waals surface area (Å²) >= 11 is 0. The van der Waals surface area contributed by atoms with Gasteiger partial charge in [-0.1, -0.05) is 0 Å². The van der Waals surface area contributed by atoms with Crippen molar-refractivity contribution in [2.45, 2.75) is 25.5 Å². The maximum Gasteiger partial charge on any atom is 0.306 e. The van der Waals surface area contributed by atoms with Gasteiger partial charge in [-0.15, -0.1) is 0 Å². The molecule has 1 heterocycles. The third-order valence-corrected chi connectivity index (χ3v) is 1.98. The van der Waals surface area contributed by atoms with E-state index in [1.165, 1.54) is 17.8 Å². The fourth-order valence-electron chi connectivity index (χ4n) is 1.20. The zero-order valence-corrected chi connectivity index (χ0v) is 8.33. The Balaban J connectivity index is 2.68.